The molecular formula is C25H28ClFN2O3S. The zero-order chi connectivity index (χ0) is 22.8. The van der Waals surface area contributed by atoms with E-state index in [4.69, 9.17) is 4.74 Å². The minimum Gasteiger partial charge on any atom is -0.507 e. The molecular weight excluding hydrogens is 463 g/mol. The van der Waals surface area contributed by atoms with Crippen molar-refractivity contribution >= 4 is 46.6 Å². The Balaban J connectivity index is 0.00000306. The van der Waals surface area contributed by atoms with Crippen LogP contribution in [-0.4, -0.2) is 35.3 Å². The molecule has 8 heteroatoms. The molecule has 4 rings (SSSR count). The van der Waals surface area contributed by atoms with Crippen LogP contribution in [0.3, 0.4) is 0 Å². The molecule has 1 aromatic heterocycles. The summed E-state index contributed by atoms with van der Waals surface area (Å²) in [6, 6.07) is 8.35. The number of phenolic OH excluding ortho intramolecular Hbond substituents is 1. The first-order valence-electron chi connectivity index (χ1n) is 10.7. The largest absolute Gasteiger partial charge is 0.507 e. The fourth-order valence-electron chi connectivity index (χ4n) is 4.17. The van der Waals surface area contributed by atoms with Crippen molar-refractivity contribution in [2.24, 2.45) is 7.05 Å². The quantitative estimate of drug-likeness (QED) is 0.348. The summed E-state index contributed by atoms with van der Waals surface area (Å²) < 4.78 is 20.8. The van der Waals surface area contributed by atoms with Crippen LogP contribution in [0.4, 0.5) is 4.39 Å². The molecule has 1 aliphatic heterocycles. The second-order valence-electron chi connectivity index (χ2n) is 7.87. The molecule has 0 fully saturated rings. The number of phenols is 1. The molecule has 33 heavy (non-hydrogen) atoms. The average Bonchev–Trinajstić information content (AvgIpc) is 3.04. The van der Waals surface area contributed by atoms with E-state index in [2.05, 4.69) is 11.4 Å². The highest BCUT2D eigenvalue weighted by Crippen LogP contribution is 2.38. The maximum atomic E-state index is 13.5. The zero-order valence-corrected chi connectivity index (χ0v) is 20.5. The van der Waals surface area contributed by atoms with E-state index in [0.717, 1.165) is 52.3 Å². The number of nitrogens with one attached hydrogen (secondary N) is 1. The summed E-state index contributed by atoms with van der Waals surface area (Å²) in [6.45, 7) is 5.55. The SMILES string of the molecule is CCOC(=O)c1c(CSc2ccc(F)cc2C)n(C)c2cc(C3=CCNCC3)c(O)cc12.Cl. The van der Waals surface area contributed by atoms with E-state index in [1.807, 2.05) is 24.6 Å². The highest BCUT2D eigenvalue weighted by molar-refractivity contribution is 7.98. The summed E-state index contributed by atoms with van der Waals surface area (Å²) in [5.74, 6) is 0.00106. The van der Waals surface area contributed by atoms with Gasteiger partial charge in [0.2, 0.25) is 0 Å². The van der Waals surface area contributed by atoms with Crippen molar-refractivity contribution in [1.82, 2.24) is 9.88 Å². The Morgan fingerprint density at radius 2 is 2.09 bits per heavy atom. The fourth-order valence-corrected chi connectivity index (χ4v) is 5.25. The third-order valence-corrected chi connectivity index (χ3v) is 7.02. The van der Waals surface area contributed by atoms with Crippen molar-refractivity contribution in [3.63, 3.8) is 0 Å². The van der Waals surface area contributed by atoms with Gasteiger partial charge in [-0.3, -0.25) is 0 Å². The van der Waals surface area contributed by atoms with E-state index >= 15 is 0 Å². The van der Waals surface area contributed by atoms with Gasteiger partial charge in [0.15, 0.2) is 0 Å². The van der Waals surface area contributed by atoms with E-state index in [0.29, 0.717) is 16.7 Å². The van der Waals surface area contributed by atoms with E-state index in [-0.39, 0.29) is 30.6 Å². The van der Waals surface area contributed by atoms with Gasteiger partial charge in [-0.1, -0.05) is 6.08 Å². The molecule has 2 N–H and O–H groups in total. The number of esters is 1. The Labute approximate surface area is 203 Å². The molecule has 3 aromatic rings. The highest BCUT2D eigenvalue weighted by Gasteiger charge is 2.24. The van der Waals surface area contributed by atoms with Crippen LogP contribution in [0.15, 0.2) is 41.3 Å². The fraction of sp³-hybridized carbons (Fsp3) is 0.320. The lowest BCUT2D eigenvalue weighted by Gasteiger charge is -2.16. The van der Waals surface area contributed by atoms with Crippen molar-refractivity contribution in [2.75, 3.05) is 19.7 Å². The smallest absolute Gasteiger partial charge is 0.340 e. The molecule has 5 nitrogen and oxygen atoms in total. The van der Waals surface area contributed by atoms with E-state index in [1.54, 1.807) is 30.8 Å². The summed E-state index contributed by atoms with van der Waals surface area (Å²) >= 11 is 1.55. The molecule has 0 spiro atoms. The second kappa shape index (κ2) is 10.6. The predicted molar refractivity (Wildman–Crippen MR) is 134 cm³/mol. The Morgan fingerprint density at radius 1 is 1.30 bits per heavy atom. The van der Waals surface area contributed by atoms with Crippen LogP contribution in [0, 0.1) is 12.7 Å². The third-order valence-electron chi connectivity index (χ3n) is 5.83. The highest BCUT2D eigenvalue weighted by atomic mass is 35.5. The zero-order valence-electron chi connectivity index (χ0n) is 18.9. The molecule has 0 bridgehead atoms. The van der Waals surface area contributed by atoms with Gasteiger partial charge < -0.3 is 19.7 Å². The van der Waals surface area contributed by atoms with Crippen molar-refractivity contribution in [3.05, 3.63) is 64.6 Å². The maximum Gasteiger partial charge on any atom is 0.340 e. The first-order valence-corrected chi connectivity index (χ1v) is 11.7. The van der Waals surface area contributed by atoms with Crippen LogP contribution in [-0.2, 0) is 17.5 Å². The first-order chi connectivity index (χ1) is 15.4. The molecule has 0 radical (unpaired) electrons. The number of carbonyl (C=O) groups is 1. The number of nitrogens with zero attached hydrogens (tertiary/aromatic N) is 1. The molecule has 176 valence electrons. The van der Waals surface area contributed by atoms with Crippen molar-refractivity contribution in [3.8, 4) is 5.75 Å². The number of fused-ring (bicyclic) bond motifs is 1. The van der Waals surface area contributed by atoms with Gasteiger partial charge in [-0.2, -0.15) is 0 Å². The Morgan fingerprint density at radius 3 is 2.76 bits per heavy atom. The van der Waals surface area contributed by atoms with Crippen molar-refractivity contribution in [2.45, 2.75) is 30.9 Å². The van der Waals surface area contributed by atoms with Crippen molar-refractivity contribution in [1.29, 1.82) is 0 Å². The van der Waals surface area contributed by atoms with Crippen LogP contribution in [0.5, 0.6) is 5.75 Å². The van der Waals surface area contributed by atoms with Gasteiger partial charge in [-0.25, -0.2) is 9.18 Å². The maximum absolute atomic E-state index is 13.5. The van der Waals surface area contributed by atoms with Crippen LogP contribution in [0.2, 0.25) is 0 Å². The monoisotopic (exact) mass is 490 g/mol. The summed E-state index contributed by atoms with van der Waals surface area (Å²) in [5, 5.41) is 14.8. The number of aryl methyl sites for hydroxylation is 2. The number of rotatable bonds is 6. The van der Waals surface area contributed by atoms with Crippen LogP contribution in [0.1, 0.15) is 40.5 Å². The van der Waals surface area contributed by atoms with Gasteiger partial charge in [0.05, 0.1) is 12.2 Å². The third kappa shape index (κ3) is 5.05. The van der Waals surface area contributed by atoms with Gasteiger partial charge in [-0.05, 0) is 68.3 Å². The average molecular weight is 491 g/mol. The van der Waals surface area contributed by atoms with Gasteiger partial charge in [0, 0.05) is 46.4 Å². The molecule has 0 unspecified atom stereocenters. The first kappa shape index (κ1) is 25.1. The van der Waals surface area contributed by atoms with Crippen LogP contribution >= 0.6 is 24.2 Å². The van der Waals surface area contributed by atoms with Crippen molar-refractivity contribution < 1.29 is 19.0 Å². The number of hydrogen-bond donors (Lipinski definition) is 2. The number of benzene rings is 2. The van der Waals surface area contributed by atoms with Gasteiger partial charge >= 0.3 is 5.97 Å². The molecule has 0 aliphatic carbocycles. The molecule has 2 heterocycles. The molecule has 0 saturated heterocycles. The van der Waals surface area contributed by atoms with Gasteiger partial charge in [-0.15, -0.1) is 24.2 Å². The number of carbonyl (C=O) groups excluding carboxylic acids is 1. The summed E-state index contributed by atoms with van der Waals surface area (Å²) in [5.41, 5.74) is 4.89. The standard InChI is InChI=1S/C25H27FN2O3S.ClH/c1-4-31-25(30)24-19-13-22(29)18(16-7-9-27-10-8-16)12-20(19)28(3)21(24)14-32-23-6-5-17(26)11-15(23)2;/h5-7,11-13,27,29H,4,8-10,14H2,1-3H3;1H. The molecule has 0 atom stereocenters. The Hall–Kier alpha value is -2.48. The predicted octanol–water partition coefficient (Wildman–Crippen LogP) is 5.60. The lowest BCUT2D eigenvalue weighted by atomic mass is 9.97. The lowest BCUT2D eigenvalue weighted by molar-refractivity contribution is 0.0527. The molecule has 0 saturated carbocycles. The Kier molecular flexibility index (Phi) is 8.10. The van der Waals surface area contributed by atoms with Crippen LogP contribution in [0.25, 0.3) is 16.5 Å². The van der Waals surface area contributed by atoms with E-state index < -0.39 is 5.97 Å². The normalized spacial score (nSPS) is 13.5. The minimum atomic E-state index is -0.405. The molecule has 2 aromatic carbocycles. The molecule has 1 aliphatic rings. The Bertz CT molecular complexity index is 1220. The number of halogens is 2. The topological polar surface area (TPSA) is 63.5 Å². The van der Waals surface area contributed by atoms with E-state index in [9.17, 15) is 14.3 Å². The van der Waals surface area contributed by atoms with Gasteiger partial charge in [0.25, 0.3) is 0 Å². The lowest BCUT2D eigenvalue weighted by Crippen LogP contribution is -2.20. The number of thioether (sulfide) groups is 1. The number of aromatic hydroxyl groups is 1. The number of ether oxygens (including phenoxy) is 1. The minimum absolute atomic E-state index is 0. The summed E-state index contributed by atoms with van der Waals surface area (Å²) in [6.07, 6.45) is 2.93. The van der Waals surface area contributed by atoms with E-state index in [1.165, 1.54) is 12.1 Å². The van der Waals surface area contributed by atoms with Gasteiger partial charge in [0.1, 0.15) is 11.6 Å². The van der Waals surface area contributed by atoms with Crippen LogP contribution < -0.4 is 5.32 Å². The summed E-state index contributed by atoms with van der Waals surface area (Å²) in [7, 11) is 1.93. The number of aromatic nitrogens is 1. The number of hydrogen-bond acceptors (Lipinski definition) is 5. The second-order valence-corrected chi connectivity index (χ2v) is 8.89. The molecule has 0 amide bonds. The summed E-state index contributed by atoms with van der Waals surface area (Å²) in [4.78, 5) is 13.9.